The van der Waals surface area contributed by atoms with Crippen molar-refractivity contribution in [1.82, 2.24) is 4.90 Å². The monoisotopic (exact) mass is 189 g/mol. The highest BCUT2D eigenvalue weighted by atomic mass is 32.2. The molecule has 1 aliphatic rings. The van der Waals surface area contributed by atoms with Crippen LogP contribution in [0.15, 0.2) is 0 Å². The SMILES string of the molecule is CC1CC(C)(C)N(C)C(=S)S1. The summed E-state index contributed by atoms with van der Waals surface area (Å²) in [6.45, 7) is 6.73. The minimum Gasteiger partial charge on any atom is -0.355 e. The van der Waals surface area contributed by atoms with Crippen molar-refractivity contribution in [2.24, 2.45) is 0 Å². The van der Waals surface area contributed by atoms with Crippen LogP contribution in [-0.2, 0) is 0 Å². The van der Waals surface area contributed by atoms with Gasteiger partial charge in [-0.3, -0.25) is 0 Å². The highest BCUT2D eigenvalue weighted by Crippen LogP contribution is 2.34. The van der Waals surface area contributed by atoms with E-state index in [1.54, 1.807) is 0 Å². The van der Waals surface area contributed by atoms with Gasteiger partial charge < -0.3 is 4.90 Å². The summed E-state index contributed by atoms with van der Waals surface area (Å²) in [4.78, 5) is 2.20. The summed E-state index contributed by atoms with van der Waals surface area (Å²) in [7, 11) is 2.08. The second-order valence-electron chi connectivity index (χ2n) is 3.77. The molecule has 0 bridgehead atoms. The molecule has 1 unspecified atom stereocenters. The Morgan fingerprint density at radius 2 is 2.18 bits per heavy atom. The number of rotatable bonds is 0. The van der Waals surface area contributed by atoms with E-state index in [0.29, 0.717) is 5.25 Å². The van der Waals surface area contributed by atoms with E-state index in [4.69, 9.17) is 12.2 Å². The van der Waals surface area contributed by atoms with Crippen LogP contribution in [0.1, 0.15) is 27.2 Å². The van der Waals surface area contributed by atoms with E-state index in [2.05, 4.69) is 32.7 Å². The van der Waals surface area contributed by atoms with Gasteiger partial charge in [0.1, 0.15) is 4.32 Å². The molecule has 0 radical (unpaired) electrons. The molecule has 0 aromatic rings. The molecule has 0 aromatic carbocycles. The zero-order valence-electron chi connectivity index (χ0n) is 7.55. The van der Waals surface area contributed by atoms with E-state index in [-0.39, 0.29) is 5.54 Å². The highest BCUT2D eigenvalue weighted by Gasteiger charge is 2.33. The molecule has 0 spiro atoms. The molecule has 1 atom stereocenters. The van der Waals surface area contributed by atoms with Gasteiger partial charge in [0.2, 0.25) is 0 Å². The molecule has 1 nitrogen and oxygen atoms in total. The van der Waals surface area contributed by atoms with Crippen LogP contribution in [0.5, 0.6) is 0 Å². The van der Waals surface area contributed by atoms with Crippen LogP contribution in [0.25, 0.3) is 0 Å². The van der Waals surface area contributed by atoms with Crippen molar-refractivity contribution < 1.29 is 0 Å². The van der Waals surface area contributed by atoms with Crippen LogP contribution >= 0.6 is 24.0 Å². The molecule has 3 heteroatoms. The van der Waals surface area contributed by atoms with Crippen molar-refractivity contribution in [2.45, 2.75) is 38.0 Å². The Bertz CT molecular complexity index is 177. The van der Waals surface area contributed by atoms with Gasteiger partial charge in [-0.05, 0) is 20.3 Å². The standard InChI is InChI=1S/C8H15NS2/c1-6-5-8(2,3)9(4)7(10)11-6/h6H,5H2,1-4H3. The maximum atomic E-state index is 5.24. The summed E-state index contributed by atoms with van der Waals surface area (Å²) >= 11 is 7.05. The minimum atomic E-state index is 0.252. The van der Waals surface area contributed by atoms with Gasteiger partial charge >= 0.3 is 0 Å². The van der Waals surface area contributed by atoms with E-state index >= 15 is 0 Å². The molecule has 0 aliphatic carbocycles. The second-order valence-corrected chi connectivity index (χ2v) is 5.84. The molecule has 0 saturated carbocycles. The predicted molar refractivity (Wildman–Crippen MR) is 56.1 cm³/mol. The van der Waals surface area contributed by atoms with Crippen molar-refractivity contribution >= 4 is 28.3 Å². The number of nitrogens with zero attached hydrogens (tertiary/aromatic N) is 1. The van der Waals surface area contributed by atoms with Crippen LogP contribution < -0.4 is 0 Å². The van der Waals surface area contributed by atoms with Gasteiger partial charge in [0.25, 0.3) is 0 Å². The van der Waals surface area contributed by atoms with Crippen LogP contribution in [0.4, 0.5) is 0 Å². The summed E-state index contributed by atoms with van der Waals surface area (Å²) in [6.07, 6.45) is 1.22. The van der Waals surface area contributed by atoms with E-state index in [0.717, 1.165) is 4.32 Å². The first-order valence-electron chi connectivity index (χ1n) is 3.88. The third kappa shape index (κ3) is 1.88. The van der Waals surface area contributed by atoms with Crippen LogP contribution in [-0.4, -0.2) is 27.1 Å². The third-order valence-electron chi connectivity index (χ3n) is 2.27. The van der Waals surface area contributed by atoms with E-state index in [1.807, 2.05) is 11.8 Å². The summed E-state index contributed by atoms with van der Waals surface area (Å²) in [5, 5.41) is 0.675. The Balaban J connectivity index is 2.75. The lowest BCUT2D eigenvalue weighted by atomic mass is 9.97. The topological polar surface area (TPSA) is 3.24 Å². The number of thiocarbonyl (C=S) groups is 1. The lowest BCUT2D eigenvalue weighted by Crippen LogP contribution is -2.48. The zero-order valence-corrected chi connectivity index (χ0v) is 9.18. The molecule has 0 aromatic heterocycles. The number of thioether (sulfide) groups is 1. The Kier molecular flexibility index (Phi) is 2.49. The Hall–Kier alpha value is 0.240. The van der Waals surface area contributed by atoms with Crippen LogP contribution in [0.2, 0.25) is 0 Å². The van der Waals surface area contributed by atoms with Gasteiger partial charge in [-0.25, -0.2) is 0 Å². The first kappa shape index (κ1) is 9.33. The van der Waals surface area contributed by atoms with Gasteiger partial charge in [0, 0.05) is 17.8 Å². The van der Waals surface area contributed by atoms with Crippen LogP contribution in [0, 0.1) is 0 Å². The average molecular weight is 189 g/mol. The maximum Gasteiger partial charge on any atom is 0.136 e. The first-order chi connectivity index (χ1) is 4.93. The number of hydrogen-bond donors (Lipinski definition) is 0. The van der Waals surface area contributed by atoms with Crippen molar-refractivity contribution in [3.05, 3.63) is 0 Å². The van der Waals surface area contributed by atoms with Gasteiger partial charge in [-0.1, -0.05) is 30.9 Å². The minimum absolute atomic E-state index is 0.252. The molecule has 64 valence electrons. The summed E-state index contributed by atoms with van der Waals surface area (Å²) in [5.41, 5.74) is 0.252. The van der Waals surface area contributed by atoms with Gasteiger partial charge in [0.05, 0.1) is 0 Å². The quantitative estimate of drug-likeness (QED) is 0.539. The molecule has 0 amide bonds. The predicted octanol–water partition coefficient (Wildman–Crippen LogP) is 2.51. The smallest absolute Gasteiger partial charge is 0.136 e. The van der Waals surface area contributed by atoms with Crippen molar-refractivity contribution in [3.63, 3.8) is 0 Å². The normalized spacial score (nSPS) is 30.7. The summed E-state index contributed by atoms with van der Waals surface area (Å²) < 4.78 is 1.04. The molecular formula is C8H15NS2. The first-order valence-corrected chi connectivity index (χ1v) is 5.17. The molecule has 1 aliphatic heterocycles. The van der Waals surface area contributed by atoms with Crippen molar-refractivity contribution in [1.29, 1.82) is 0 Å². The maximum absolute atomic E-state index is 5.24. The van der Waals surface area contributed by atoms with Crippen molar-refractivity contribution in [3.8, 4) is 0 Å². The average Bonchev–Trinajstić information content (AvgIpc) is 1.81. The Morgan fingerprint density at radius 1 is 1.64 bits per heavy atom. The van der Waals surface area contributed by atoms with E-state index in [1.165, 1.54) is 6.42 Å². The zero-order chi connectivity index (χ0) is 8.65. The molecule has 1 fully saturated rings. The van der Waals surface area contributed by atoms with Gasteiger partial charge in [0.15, 0.2) is 0 Å². The highest BCUT2D eigenvalue weighted by molar-refractivity contribution is 8.23. The third-order valence-corrected chi connectivity index (χ3v) is 3.88. The molecular weight excluding hydrogens is 174 g/mol. The van der Waals surface area contributed by atoms with Crippen molar-refractivity contribution in [2.75, 3.05) is 7.05 Å². The lowest BCUT2D eigenvalue weighted by molar-refractivity contribution is 0.240. The molecule has 0 N–H and O–H groups in total. The Labute approximate surface area is 78.5 Å². The fourth-order valence-electron chi connectivity index (χ4n) is 1.38. The van der Waals surface area contributed by atoms with Gasteiger partial charge in [-0.15, -0.1) is 0 Å². The number of hydrogen-bond acceptors (Lipinski definition) is 2. The molecule has 1 heterocycles. The van der Waals surface area contributed by atoms with E-state index in [9.17, 15) is 0 Å². The second kappa shape index (κ2) is 2.94. The molecule has 11 heavy (non-hydrogen) atoms. The molecule has 1 rings (SSSR count). The van der Waals surface area contributed by atoms with E-state index < -0.39 is 0 Å². The fraction of sp³-hybridized carbons (Fsp3) is 0.875. The molecule has 1 saturated heterocycles. The summed E-state index contributed by atoms with van der Waals surface area (Å²) in [6, 6.07) is 0. The summed E-state index contributed by atoms with van der Waals surface area (Å²) in [5.74, 6) is 0. The fourth-order valence-corrected chi connectivity index (χ4v) is 3.36. The van der Waals surface area contributed by atoms with Crippen LogP contribution in [0.3, 0.4) is 0 Å². The van der Waals surface area contributed by atoms with Gasteiger partial charge in [-0.2, -0.15) is 0 Å². The largest absolute Gasteiger partial charge is 0.355 e. The Morgan fingerprint density at radius 3 is 2.64 bits per heavy atom. The lowest BCUT2D eigenvalue weighted by Gasteiger charge is -2.43.